The molecule has 1 amide bonds. The molecule has 1 N–H and O–H groups in total. The third-order valence-electron chi connectivity index (χ3n) is 3.24. The molecule has 0 aliphatic heterocycles. The predicted molar refractivity (Wildman–Crippen MR) is 94.6 cm³/mol. The summed E-state index contributed by atoms with van der Waals surface area (Å²) in [7, 11) is 4.99. The second-order valence-corrected chi connectivity index (χ2v) is 6.00. The third kappa shape index (κ3) is 4.83. The van der Waals surface area contributed by atoms with Crippen molar-refractivity contribution in [1.29, 1.82) is 0 Å². The van der Waals surface area contributed by atoms with Gasteiger partial charge in [0.15, 0.2) is 11.0 Å². The van der Waals surface area contributed by atoms with E-state index in [-0.39, 0.29) is 11.7 Å². The van der Waals surface area contributed by atoms with E-state index in [1.54, 1.807) is 25.0 Å². The molecule has 0 saturated carbocycles. The van der Waals surface area contributed by atoms with Crippen LogP contribution in [0.2, 0.25) is 0 Å². The number of amides is 1. The monoisotopic (exact) mass is 366 g/mol. The molecule has 136 valence electrons. The first-order chi connectivity index (χ1) is 12.1. The van der Waals surface area contributed by atoms with E-state index in [0.717, 1.165) is 5.56 Å². The van der Waals surface area contributed by atoms with Crippen LogP contribution in [0.15, 0.2) is 24.0 Å². The molecule has 0 aliphatic carbocycles. The number of carbonyl (C=O) groups excluding carboxylic acids is 1. The Kier molecular flexibility index (Phi) is 7.02. The van der Waals surface area contributed by atoms with E-state index in [2.05, 4.69) is 27.2 Å². The zero-order valence-electron chi connectivity index (χ0n) is 14.6. The minimum atomic E-state index is -0.0910. The Bertz CT molecular complexity index is 727. The van der Waals surface area contributed by atoms with E-state index in [0.29, 0.717) is 36.6 Å². The fourth-order valence-corrected chi connectivity index (χ4v) is 2.91. The number of hydrogen-bond donors (Lipinski definition) is 1. The molecular formula is C15H22N6O3S. The van der Waals surface area contributed by atoms with Gasteiger partial charge < -0.3 is 14.8 Å². The fraction of sp³-hybridized carbons (Fsp3) is 0.467. The highest BCUT2D eigenvalue weighted by atomic mass is 32.2. The molecule has 0 fully saturated rings. The fourth-order valence-electron chi connectivity index (χ4n) is 2.12. The summed E-state index contributed by atoms with van der Waals surface area (Å²) in [5.74, 6) is 1.24. The summed E-state index contributed by atoms with van der Waals surface area (Å²) in [4.78, 5) is 11.8. The Labute approximate surface area is 150 Å². The maximum absolute atomic E-state index is 11.8. The summed E-state index contributed by atoms with van der Waals surface area (Å²) in [6.07, 6.45) is 3.45. The number of nitrogens with one attached hydrogen (secondary N) is 1. The van der Waals surface area contributed by atoms with Crippen molar-refractivity contribution in [2.45, 2.75) is 11.7 Å². The standard InChI is InChI=1S/C15H22N6O3S/c1-5-6-16-12(22)10-25-15-18-17-13(21(15)7-8-23-3)11-9-20(2)19-14(11)24-4/h5,9H,1,6-8,10H2,2-4H3,(H,16,22). The molecule has 0 spiro atoms. The summed E-state index contributed by atoms with van der Waals surface area (Å²) >= 11 is 1.31. The highest BCUT2D eigenvalue weighted by molar-refractivity contribution is 7.99. The number of nitrogens with zero attached hydrogens (tertiary/aromatic N) is 5. The topological polar surface area (TPSA) is 96.1 Å². The Morgan fingerprint density at radius 2 is 2.24 bits per heavy atom. The van der Waals surface area contributed by atoms with Crippen molar-refractivity contribution in [3.8, 4) is 17.3 Å². The SMILES string of the molecule is C=CCNC(=O)CSc1nnc(-c2cn(C)nc2OC)n1CCOC. The molecule has 9 nitrogen and oxygen atoms in total. The first-order valence-corrected chi connectivity index (χ1v) is 8.59. The van der Waals surface area contributed by atoms with E-state index < -0.39 is 0 Å². The third-order valence-corrected chi connectivity index (χ3v) is 4.21. The van der Waals surface area contributed by atoms with E-state index >= 15 is 0 Å². The summed E-state index contributed by atoms with van der Waals surface area (Å²) < 4.78 is 14.0. The van der Waals surface area contributed by atoms with Gasteiger partial charge in [0.2, 0.25) is 11.8 Å². The van der Waals surface area contributed by atoms with Crippen molar-refractivity contribution in [1.82, 2.24) is 29.9 Å². The Hall–Kier alpha value is -2.33. The van der Waals surface area contributed by atoms with Crippen LogP contribution in [-0.4, -0.2) is 63.6 Å². The van der Waals surface area contributed by atoms with E-state index in [4.69, 9.17) is 9.47 Å². The Morgan fingerprint density at radius 3 is 2.92 bits per heavy atom. The molecule has 0 unspecified atom stereocenters. The van der Waals surface area contributed by atoms with Gasteiger partial charge >= 0.3 is 0 Å². The molecular weight excluding hydrogens is 344 g/mol. The van der Waals surface area contributed by atoms with Crippen molar-refractivity contribution in [2.75, 3.05) is 33.1 Å². The molecule has 0 saturated heterocycles. The molecule has 0 aliphatic rings. The lowest BCUT2D eigenvalue weighted by molar-refractivity contribution is -0.118. The van der Waals surface area contributed by atoms with Crippen LogP contribution < -0.4 is 10.1 Å². The van der Waals surface area contributed by atoms with Crippen LogP contribution in [0.25, 0.3) is 11.4 Å². The molecule has 10 heteroatoms. The number of hydrogen-bond acceptors (Lipinski definition) is 7. The van der Waals surface area contributed by atoms with E-state index in [9.17, 15) is 4.79 Å². The Morgan fingerprint density at radius 1 is 1.44 bits per heavy atom. The molecule has 0 atom stereocenters. The van der Waals surface area contributed by atoms with Gasteiger partial charge in [-0.2, -0.15) is 0 Å². The van der Waals surface area contributed by atoms with Gasteiger partial charge in [0.05, 0.1) is 26.0 Å². The second-order valence-electron chi connectivity index (χ2n) is 5.06. The van der Waals surface area contributed by atoms with Gasteiger partial charge in [-0.1, -0.05) is 17.8 Å². The minimum absolute atomic E-state index is 0.0910. The van der Waals surface area contributed by atoms with Gasteiger partial charge in [0, 0.05) is 26.9 Å². The Balaban J connectivity index is 2.24. The first kappa shape index (κ1) is 19.0. The lowest BCUT2D eigenvalue weighted by Gasteiger charge is -2.09. The molecule has 0 radical (unpaired) electrons. The molecule has 0 bridgehead atoms. The smallest absolute Gasteiger partial charge is 0.243 e. The molecule has 2 aromatic rings. The number of thioether (sulfide) groups is 1. The summed E-state index contributed by atoms with van der Waals surface area (Å²) in [6, 6.07) is 0. The largest absolute Gasteiger partial charge is 0.479 e. The maximum atomic E-state index is 11.8. The van der Waals surface area contributed by atoms with Gasteiger partial charge in [-0.15, -0.1) is 21.9 Å². The minimum Gasteiger partial charge on any atom is -0.479 e. The van der Waals surface area contributed by atoms with Crippen molar-refractivity contribution < 1.29 is 14.3 Å². The second kappa shape index (κ2) is 9.23. The molecule has 0 aromatic carbocycles. The number of rotatable bonds is 10. The predicted octanol–water partition coefficient (Wildman–Crippen LogP) is 0.728. The zero-order valence-corrected chi connectivity index (χ0v) is 15.4. The molecule has 25 heavy (non-hydrogen) atoms. The highest BCUT2D eigenvalue weighted by Gasteiger charge is 2.20. The maximum Gasteiger partial charge on any atom is 0.243 e. The van der Waals surface area contributed by atoms with Gasteiger partial charge in [-0.25, -0.2) is 0 Å². The first-order valence-electron chi connectivity index (χ1n) is 7.61. The highest BCUT2D eigenvalue weighted by Crippen LogP contribution is 2.29. The normalized spacial score (nSPS) is 10.7. The number of ether oxygens (including phenoxy) is 2. The average Bonchev–Trinajstić information content (AvgIpc) is 3.18. The summed E-state index contributed by atoms with van der Waals surface area (Å²) in [5.41, 5.74) is 0.733. The van der Waals surface area contributed by atoms with E-state index in [1.165, 1.54) is 11.8 Å². The van der Waals surface area contributed by atoms with Crippen LogP contribution in [0, 0.1) is 0 Å². The van der Waals surface area contributed by atoms with Gasteiger partial charge in [-0.3, -0.25) is 14.0 Å². The zero-order chi connectivity index (χ0) is 18.2. The van der Waals surface area contributed by atoms with E-state index in [1.807, 2.05) is 17.8 Å². The molecule has 2 rings (SSSR count). The summed E-state index contributed by atoms with van der Waals surface area (Å²) in [6.45, 7) is 5.05. The van der Waals surface area contributed by atoms with Crippen molar-refractivity contribution >= 4 is 17.7 Å². The average molecular weight is 366 g/mol. The van der Waals surface area contributed by atoms with Crippen molar-refractivity contribution in [3.63, 3.8) is 0 Å². The van der Waals surface area contributed by atoms with Crippen molar-refractivity contribution in [3.05, 3.63) is 18.9 Å². The van der Waals surface area contributed by atoms with Crippen LogP contribution in [0.5, 0.6) is 5.88 Å². The quantitative estimate of drug-likeness (QED) is 0.489. The van der Waals surface area contributed by atoms with Crippen LogP contribution >= 0.6 is 11.8 Å². The summed E-state index contributed by atoms with van der Waals surface area (Å²) in [5, 5.41) is 16.1. The van der Waals surface area contributed by atoms with Gasteiger partial charge in [0.25, 0.3) is 0 Å². The number of aromatic nitrogens is 5. The lowest BCUT2D eigenvalue weighted by Crippen LogP contribution is -2.25. The molecule has 2 heterocycles. The van der Waals surface area contributed by atoms with Gasteiger partial charge in [-0.05, 0) is 0 Å². The van der Waals surface area contributed by atoms with Crippen LogP contribution in [0.1, 0.15) is 0 Å². The van der Waals surface area contributed by atoms with Gasteiger partial charge in [0.1, 0.15) is 5.56 Å². The molecule has 2 aromatic heterocycles. The number of carbonyl (C=O) groups is 1. The van der Waals surface area contributed by atoms with Crippen molar-refractivity contribution in [2.24, 2.45) is 7.05 Å². The number of methoxy groups -OCH3 is 2. The van der Waals surface area contributed by atoms with Crippen LogP contribution in [0.4, 0.5) is 0 Å². The van der Waals surface area contributed by atoms with Crippen LogP contribution in [-0.2, 0) is 23.1 Å². The number of aryl methyl sites for hydroxylation is 1. The van der Waals surface area contributed by atoms with Crippen LogP contribution in [0.3, 0.4) is 0 Å². The lowest BCUT2D eigenvalue weighted by atomic mass is 10.3.